The first-order chi connectivity index (χ1) is 50.5. The molecule has 6 aromatic carbocycles. The van der Waals surface area contributed by atoms with Gasteiger partial charge in [-0.1, -0.05) is 101 Å². The highest BCUT2D eigenvalue weighted by molar-refractivity contribution is 5.70. The van der Waals surface area contributed by atoms with Gasteiger partial charge >= 0.3 is 0 Å². The molecule has 0 N–H and O–H groups in total. The lowest BCUT2D eigenvalue weighted by Gasteiger charge is -2.11. The lowest BCUT2D eigenvalue weighted by atomic mass is 9.96. The van der Waals surface area contributed by atoms with E-state index in [0.29, 0.717) is 11.1 Å². The molecular weight excluding hydrogens is 1240 g/mol. The van der Waals surface area contributed by atoms with Crippen LogP contribution in [0.25, 0.3) is 67.5 Å². The van der Waals surface area contributed by atoms with E-state index in [1.165, 1.54) is 146 Å². The smallest absolute Gasteiger partial charge is 0.198 e. The van der Waals surface area contributed by atoms with E-state index in [1.807, 2.05) is 53.1 Å². The molecule has 0 saturated carbocycles. The molecule has 6 nitrogen and oxygen atoms in total. The number of nitrogens with zero attached hydrogens (tertiary/aromatic N) is 6. The van der Waals surface area contributed by atoms with E-state index in [2.05, 4.69) is 333 Å². The molecule has 0 radical (unpaired) electrons. The molecule has 0 spiro atoms. The molecule has 0 aliphatic carbocycles. The van der Waals surface area contributed by atoms with Crippen LogP contribution in [0, 0.1) is 166 Å². The van der Waals surface area contributed by atoms with Crippen molar-refractivity contribution in [3.63, 3.8) is 0 Å². The number of rotatable bonds is 6. The van der Waals surface area contributed by atoms with Crippen molar-refractivity contribution < 1.29 is 35.6 Å². The van der Waals surface area contributed by atoms with Crippen LogP contribution in [0.15, 0.2) is 182 Å². The van der Waals surface area contributed by atoms with Crippen LogP contribution in [0.2, 0.25) is 0 Å². The molecule has 6 heterocycles. The maximum Gasteiger partial charge on any atom is 0.215 e. The van der Waals surface area contributed by atoms with Gasteiger partial charge in [-0.3, -0.25) is 0 Å². The third kappa shape index (κ3) is 18.7. The number of aryl methyl sites for hydroxylation is 23. The average Bonchev–Trinajstić information content (AvgIpc) is 0.808. The summed E-state index contributed by atoms with van der Waals surface area (Å²) in [6.45, 7) is 42.6. The minimum Gasteiger partial charge on any atom is -0.198 e. The van der Waals surface area contributed by atoms with Crippen LogP contribution >= 0.6 is 0 Å². The Hall–Kier alpha value is -9.78. The largest absolute Gasteiger partial charge is 0.215 e. The maximum absolute atomic E-state index is 7.65. The summed E-state index contributed by atoms with van der Waals surface area (Å²) in [6, 6.07) is 63.2. The summed E-state index contributed by atoms with van der Waals surface area (Å²) in [4.78, 5) is 0. The van der Waals surface area contributed by atoms with Crippen molar-refractivity contribution in [2.24, 2.45) is 42.3 Å². The Morgan fingerprint density at radius 2 is 0.461 bits per heavy atom. The summed E-state index contributed by atoms with van der Waals surface area (Å²) in [6.07, 6.45) is 0. The van der Waals surface area contributed by atoms with E-state index in [9.17, 15) is 0 Å². The van der Waals surface area contributed by atoms with E-state index < -0.39 is 13.7 Å². The molecule has 12 rings (SSSR count). The van der Waals surface area contributed by atoms with Crippen molar-refractivity contribution >= 4 is 0 Å². The monoisotopic (exact) mass is 1360 g/mol. The molecule has 0 amide bonds. The first-order valence-electron chi connectivity index (χ1n) is 38.8. The third-order valence-electron chi connectivity index (χ3n) is 20.6. The Labute approximate surface area is 624 Å². The molecule has 102 heavy (non-hydrogen) atoms. The van der Waals surface area contributed by atoms with Crippen molar-refractivity contribution in [2.75, 3.05) is 0 Å². The zero-order valence-corrected chi connectivity index (χ0v) is 67.0. The predicted molar refractivity (Wildman–Crippen MR) is 432 cm³/mol. The van der Waals surface area contributed by atoms with E-state index in [4.69, 9.17) is 8.22 Å². The van der Waals surface area contributed by atoms with Crippen molar-refractivity contribution in [3.8, 4) is 67.5 Å². The molecular formula is C96H120N6+6. The van der Waals surface area contributed by atoms with Crippen molar-refractivity contribution in [2.45, 2.75) is 166 Å². The Bertz CT molecular complexity index is 5160. The Morgan fingerprint density at radius 3 is 0.804 bits per heavy atom. The maximum atomic E-state index is 7.65. The second-order valence-corrected chi connectivity index (χ2v) is 28.6. The van der Waals surface area contributed by atoms with Crippen LogP contribution < -0.4 is 27.4 Å². The van der Waals surface area contributed by atoms with Gasteiger partial charge in [0.1, 0.15) is 42.3 Å². The number of pyridine rings is 6. The average molecular weight is 1360 g/mol. The third-order valence-corrected chi connectivity index (χ3v) is 20.6. The van der Waals surface area contributed by atoms with Gasteiger partial charge in [0.15, 0.2) is 34.2 Å². The second kappa shape index (κ2) is 34.7. The van der Waals surface area contributed by atoms with Gasteiger partial charge in [-0.25, -0.2) is 0 Å². The molecule has 0 aliphatic heterocycles. The number of benzene rings is 6. The molecule has 528 valence electrons. The van der Waals surface area contributed by atoms with Gasteiger partial charge < -0.3 is 0 Å². The van der Waals surface area contributed by atoms with E-state index in [1.54, 1.807) is 18.2 Å². The van der Waals surface area contributed by atoms with E-state index >= 15 is 0 Å². The summed E-state index contributed by atoms with van der Waals surface area (Å²) in [5.41, 5.74) is 43.3. The van der Waals surface area contributed by atoms with Gasteiger partial charge in [0.05, 0.1) is 5.56 Å². The second-order valence-electron chi connectivity index (χ2n) is 28.6. The summed E-state index contributed by atoms with van der Waals surface area (Å²) in [7, 11) is 12.6. The van der Waals surface area contributed by atoms with Gasteiger partial charge in [-0.05, 0) is 236 Å². The van der Waals surface area contributed by atoms with Crippen molar-refractivity contribution in [1.82, 2.24) is 0 Å². The minimum atomic E-state index is -2.07. The number of aromatic nitrogens is 6. The van der Waals surface area contributed by atoms with Crippen LogP contribution in [0.1, 0.15) is 143 Å². The van der Waals surface area contributed by atoms with Crippen LogP contribution in [0.3, 0.4) is 0 Å². The van der Waals surface area contributed by atoms with Crippen LogP contribution in [-0.4, -0.2) is 0 Å². The molecule has 0 fully saturated rings. The minimum absolute atomic E-state index is 0.395. The topological polar surface area (TPSA) is 23.3 Å². The van der Waals surface area contributed by atoms with E-state index in [-0.39, 0.29) is 0 Å². The normalized spacial score (nSPS) is 11.8. The van der Waals surface area contributed by atoms with Gasteiger partial charge in [-0.2, -0.15) is 27.4 Å². The molecule has 0 aliphatic rings. The summed E-state index contributed by atoms with van der Waals surface area (Å²) >= 11 is 0. The molecule has 0 bridgehead atoms. The highest BCUT2D eigenvalue weighted by atomic mass is 15.0. The Kier molecular flexibility index (Phi) is 24.1. The molecule has 0 atom stereocenters. The molecule has 0 unspecified atom stereocenters. The summed E-state index contributed by atoms with van der Waals surface area (Å²) in [5.74, 6) is 0. The van der Waals surface area contributed by atoms with Crippen LogP contribution in [0.5, 0.6) is 0 Å². The SMILES string of the molecule is Cc1ccc(-c2c(C)ccc(C)[n+]2C)c(C)c1.Cc1ccc(C)c(-c2c(C)ccc(C)[n+]2C)c1.Cc1ccc(C)c(-c2c(C)ccc(C)[n+]2C)c1.Cc1cccc(C)c1-c1c(C)ccc(C)[n+]1C.[2H]C([2H])([2H])c1ccc(-c2c(C)ccc(C)[n+]2C)c(C)c1.[2H]C([2H])([2H])c1cccc(-c2c(C)ccc(C)[n+]2C)c1C. The number of hydrogen-bond donors (Lipinski definition) is 0. The lowest BCUT2D eigenvalue weighted by Crippen LogP contribution is -2.35. The zero-order chi connectivity index (χ0) is 80.5. The molecule has 12 aromatic rings. The quantitative estimate of drug-likeness (QED) is 0.148. The predicted octanol–water partition coefficient (Wildman–Crippen LogP) is 20.5. The van der Waals surface area contributed by atoms with Gasteiger partial charge in [0, 0.05) is 147 Å². The fourth-order valence-corrected chi connectivity index (χ4v) is 13.7. The summed E-state index contributed by atoms with van der Waals surface area (Å²) in [5, 5.41) is 0. The first-order valence-corrected chi connectivity index (χ1v) is 35.8. The van der Waals surface area contributed by atoms with Gasteiger partial charge in [0.25, 0.3) is 0 Å². The van der Waals surface area contributed by atoms with Gasteiger partial charge in [-0.15, -0.1) is 0 Å². The van der Waals surface area contributed by atoms with Crippen LogP contribution in [0.4, 0.5) is 0 Å². The Morgan fingerprint density at radius 1 is 0.196 bits per heavy atom. The molecule has 6 aromatic heterocycles. The van der Waals surface area contributed by atoms with E-state index in [0.717, 1.165) is 44.9 Å². The van der Waals surface area contributed by atoms with Crippen molar-refractivity contribution in [3.05, 3.63) is 316 Å². The number of hydrogen-bond acceptors (Lipinski definition) is 0. The zero-order valence-electron chi connectivity index (χ0n) is 73.0. The highest BCUT2D eigenvalue weighted by Crippen LogP contribution is 2.31. The Balaban J connectivity index is 0.000000181. The highest BCUT2D eigenvalue weighted by Gasteiger charge is 2.24. The fourth-order valence-electron chi connectivity index (χ4n) is 13.7. The lowest BCUT2D eigenvalue weighted by molar-refractivity contribution is -0.667. The standard InChI is InChI=1S/6C16H20N/c2*1-11-6-9-15(13(3)10-11)16-12(2)7-8-14(4)17(16)5;2*1-11-6-7-12(2)15(10-11)16-13(3)8-9-14(4)17(16)5;1-11-7-6-8-15(14(11)4)16-12(2)9-10-13(3)17(16)5;1-11-7-6-8-12(2)15(11)16-13(3)9-10-14(4)17(16)5/h6*6-10H,1-5H3/q6*+1/i1D3;;;;1D3;. The molecule has 6 heteroatoms. The van der Waals surface area contributed by atoms with Crippen molar-refractivity contribution in [1.29, 1.82) is 0 Å². The molecule has 0 saturated heterocycles. The summed E-state index contributed by atoms with van der Waals surface area (Å²) < 4.78 is 58.8. The fraction of sp³-hybridized carbons (Fsp3) is 0.312. The van der Waals surface area contributed by atoms with Gasteiger partial charge in [0.2, 0.25) is 34.2 Å². The van der Waals surface area contributed by atoms with Crippen LogP contribution in [-0.2, 0) is 42.3 Å². The first kappa shape index (κ1) is 70.6.